The fraction of sp³-hybridized carbons (Fsp3) is 0.217. The first-order chi connectivity index (χ1) is 13.9. The number of aryl methyl sites for hydroxylation is 1. The van der Waals surface area contributed by atoms with Gasteiger partial charge in [0.1, 0.15) is 5.82 Å². The lowest BCUT2D eigenvalue weighted by Crippen LogP contribution is -2.13. The molecule has 2 aromatic carbocycles. The smallest absolute Gasteiger partial charge is 0.229 e. The highest BCUT2D eigenvalue weighted by molar-refractivity contribution is 7.88. The van der Waals surface area contributed by atoms with Gasteiger partial charge in [0, 0.05) is 27.4 Å². The lowest BCUT2D eigenvalue weighted by molar-refractivity contribution is 0.688. The first-order valence-electron chi connectivity index (χ1n) is 9.53. The predicted molar refractivity (Wildman–Crippen MR) is 126 cm³/mol. The number of hydrogen-bond donors (Lipinski definition) is 2. The summed E-state index contributed by atoms with van der Waals surface area (Å²) in [5.74, 6) is 0.920. The maximum atomic E-state index is 11.8. The molecule has 0 aliphatic rings. The van der Waals surface area contributed by atoms with Crippen LogP contribution in [0.1, 0.15) is 32.8 Å². The molecular formula is C23H28N4OS. The van der Waals surface area contributed by atoms with E-state index < -0.39 is 10.8 Å². The first-order valence-corrected chi connectivity index (χ1v) is 10.7. The van der Waals surface area contributed by atoms with Gasteiger partial charge in [0.2, 0.25) is 5.96 Å². The van der Waals surface area contributed by atoms with E-state index in [-0.39, 0.29) is 0 Å². The Hall–Kier alpha value is -2.99. The van der Waals surface area contributed by atoms with E-state index in [0.717, 1.165) is 29.9 Å². The lowest BCUT2D eigenvalue weighted by atomic mass is 10.1. The highest BCUT2D eigenvalue weighted by Gasteiger charge is 2.04. The van der Waals surface area contributed by atoms with Crippen LogP contribution in [-0.4, -0.2) is 15.9 Å². The maximum Gasteiger partial charge on any atom is 0.229 e. The van der Waals surface area contributed by atoms with E-state index in [4.69, 9.17) is 0 Å². The Labute approximate surface area is 175 Å². The SMILES string of the molecule is C=CS(=O)c1ccc(NC(=C)/N=C(\N=C(/C)CC)Nc2cccc(CC)c2)cc1. The maximum absolute atomic E-state index is 11.8. The van der Waals surface area contributed by atoms with E-state index in [1.807, 2.05) is 31.2 Å². The second-order valence-electron chi connectivity index (χ2n) is 6.38. The van der Waals surface area contributed by atoms with Crippen LogP contribution in [0.25, 0.3) is 0 Å². The van der Waals surface area contributed by atoms with Gasteiger partial charge < -0.3 is 10.6 Å². The van der Waals surface area contributed by atoms with E-state index in [0.29, 0.717) is 16.7 Å². The third-order valence-corrected chi connectivity index (χ3v) is 5.21. The molecule has 0 aliphatic carbocycles. The van der Waals surface area contributed by atoms with Crippen LogP contribution in [0.3, 0.4) is 0 Å². The van der Waals surface area contributed by atoms with Crippen LogP contribution in [0, 0.1) is 0 Å². The molecule has 0 fully saturated rings. The Kier molecular flexibility index (Phi) is 8.55. The van der Waals surface area contributed by atoms with Gasteiger partial charge in [-0.25, -0.2) is 9.20 Å². The predicted octanol–water partition coefficient (Wildman–Crippen LogP) is 5.72. The number of aliphatic imine (C=N–C) groups is 2. The molecule has 0 bridgehead atoms. The molecular weight excluding hydrogens is 380 g/mol. The van der Waals surface area contributed by atoms with Gasteiger partial charge in [-0.1, -0.05) is 39.1 Å². The molecule has 2 rings (SSSR count). The molecule has 1 atom stereocenters. The van der Waals surface area contributed by atoms with Crippen molar-refractivity contribution in [2.24, 2.45) is 9.98 Å². The van der Waals surface area contributed by atoms with E-state index in [1.165, 1.54) is 11.0 Å². The number of hydrogen-bond acceptors (Lipinski definition) is 3. The van der Waals surface area contributed by atoms with Gasteiger partial charge in [0.05, 0.1) is 10.8 Å². The van der Waals surface area contributed by atoms with E-state index in [2.05, 4.69) is 59.8 Å². The summed E-state index contributed by atoms with van der Waals surface area (Å²) in [6, 6.07) is 15.4. The van der Waals surface area contributed by atoms with Gasteiger partial charge in [-0.15, -0.1) is 0 Å². The van der Waals surface area contributed by atoms with E-state index in [1.54, 1.807) is 12.1 Å². The third kappa shape index (κ3) is 7.16. The molecule has 152 valence electrons. The molecule has 2 N–H and O–H groups in total. The molecule has 0 spiro atoms. The number of guanidine groups is 1. The molecule has 0 radical (unpaired) electrons. The quantitative estimate of drug-likeness (QED) is 0.433. The molecule has 6 heteroatoms. The Morgan fingerprint density at radius 1 is 1.07 bits per heavy atom. The van der Waals surface area contributed by atoms with Crippen molar-refractivity contribution in [2.75, 3.05) is 10.6 Å². The van der Waals surface area contributed by atoms with Crippen molar-refractivity contribution >= 4 is 33.8 Å². The molecule has 5 nitrogen and oxygen atoms in total. The summed E-state index contributed by atoms with van der Waals surface area (Å²) >= 11 is 0. The molecule has 0 heterocycles. The van der Waals surface area contributed by atoms with Crippen molar-refractivity contribution in [3.63, 3.8) is 0 Å². The zero-order chi connectivity index (χ0) is 21.2. The summed E-state index contributed by atoms with van der Waals surface area (Å²) in [6.45, 7) is 13.7. The Morgan fingerprint density at radius 3 is 2.41 bits per heavy atom. The molecule has 2 aromatic rings. The highest BCUT2D eigenvalue weighted by Crippen LogP contribution is 2.16. The summed E-state index contributed by atoms with van der Waals surface area (Å²) in [4.78, 5) is 9.80. The number of rotatable bonds is 8. The second-order valence-corrected chi connectivity index (χ2v) is 7.77. The topological polar surface area (TPSA) is 65.8 Å². The zero-order valence-corrected chi connectivity index (χ0v) is 18.1. The summed E-state index contributed by atoms with van der Waals surface area (Å²) < 4.78 is 11.8. The van der Waals surface area contributed by atoms with Crippen LogP contribution in [-0.2, 0) is 17.2 Å². The van der Waals surface area contributed by atoms with Crippen LogP contribution in [0.5, 0.6) is 0 Å². The van der Waals surface area contributed by atoms with Gasteiger partial charge >= 0.3 is 0 Å². The number of nitrogens with one attached hydrogen (secondary N) is 2. The Balaban J connectivity index is 2.19. The van der Waals surface area contributed by atoms with Crippen LogP contribution in [0.4, 0.5) is 11.4 Å². The minimum Gasteiger partial charge on any atom is -0.341 e. The summed E-state index contributed by atoms with van der Waals surface area (Å²) in [7, 11) is -1.20. The van der Waals surface area contributed by atoms with Crippen molar-refractivity contribution < 1.29 is 4.21 Å². The van der Waals surface area contributed by atoms with Gasteiger partial charge in [-0.05, 0) is 61.7 Å². The first kappa shape index (κ1) is 22.3. The summed E-state index contributed by atoms with van der Waals surface area (Å²) in [6.07, 6.45) is 1.79. The molecule has 0 amide bonds. The standard InChI is InChI=1S/C23H28N4OS/c1-6-17(4)24-23(27-21-11-9-10-19(7-2)16-21)26-18(5)25-20-12-14-22(15-13-20)29(28)8-3/h8-16,25H,3,5-7H2,1-2,4H3,(H,26,27)/b24-17+. The number of nitrogens with zero attached hydrogens (tertiary/aromatic N) is 2. The zero-order valence-electron chi connectivity index (χ0n) is 17.2. The number of benzene rings is 2. The molecule has 0 aliphatic heterocycles. The van der Waals surface area contributed by atoms with Crippen molar-refractivity contribution in [3.05, 3.63) is 78.5 Å². The minimum absolute atomic E-state index is 0.449. The van der Waals surface area contributed by atoms with E-state index in [9.17, 15) is 4.21 Å². The summed E-state index contributed by atoms with van der Waals surface area (Å²) in [5.41, 5.74) is 3.93. The van der Waals surface area contributed by atoms with Crippen molar-refractivity contribution in [2.45, 2.75) is 38.5 Å². The average Bonchev–Trinajstić information content (AvgIpc) is 2.73. The van der Waals surface area contributed by atoms with Gasteiger partial charge in [-0.3, -0.25) is 0 Å². The van der Waals surface area contributed by atoms with Crippen molar-refractivity contribution in [3.8, 4) is 0 Å². The molecule has 0 saturated heterocycles. The minimum atomic E-state index is -1.20. The van der Waals surface area contributed by atoms with Crippen LogP contribution in [0.15, 0.2) is 87.8 Å². The third-order valence-electron chi connectivity index (χ3n) is 4.17. The molecule has 1 unspecified atom stereocenters. The fourth-order valence-corrected chi connectivity index (χ4v) is 3.03. The average molecular weight is 409 g/mol. The van der Waals surface area contributed by atoms with Crippen LogP contribution < -0.4 is 10.6 Å². The van der Waals surface area contributed by atoms with Gasteiger partial charge in [-0.2, -0.15) is 4.99 Å². The normalized spacial score (nSPS) is 12.9. The molecule has 0 aromatic heterocycles. The van der Waals surface area contributed by atoms with Crippen LogP contribution in [0.2, 0.25) is 0 Å². The Morgan fingerprint density at radius 2 is 1.79 bits per heavy atom. The lowest BCUT2D eigenvalue weighted by Gasteiger charge is -2.11. The van der Waals surface area contributed by atoms with Crippen LogP contribution >= 0.6 is 0 Å². The van der Waals surface area contributed by atoms with Crippen molar-refractivity contribution in [1.29, 1.82) is 0 Å². The van der Waals surface area contributed by atoms with Crippen molar-refractivity contribution in [1.82, 2.24) is 0 Å². The molecule has 29 heavy (non-hydrogen) atoms. The summed E-state index contributed by atoms with van der Waals surface area (Å²) in [5, 5.41) is 7.83. The monoisotopic (exact) mass is 408 g/mol. The highest BCUT2D eigenvalue weighted by atomic mass is 32.2. The number of anilines is 2. The second kappa shape index (κ2) is 11.1. The molecule has 0 saturated carbocycles. The fourth-order valence-electron chi connectivity index (χ4n) is 2.43. The van der Waals surface area contributed by atoms with Gasteiger partial charge in [0.15, 0.2) is 0 Å². The van der Waals surface area contributed by atoms with E-state index >= 15 is 0 Å². The van der Waals surface area contributed by atoms with Gasteiger partial charge in [0.25, 0.3) is 0 Å². The Bertz CT molecular complexity index is 946. The largest absolute Gasteiger partial charge is 0.341 e.